The van der Waals surface area contributed by atoms with E-state index in [0.717, 1.165) is 0 Å². The number of carbonyl (C=O) groups excluding carboxylic acids is 1. The summed E-state index contributed by atoms with van der Waals surface area (Å²) >= 11 is 0. The largest absolute Gasteiger partial charge is 0.496 e. The molecule has 0 saturated heterocycles. The van der Waals surface area contributed by atoms with Crippen LogP contribution in [0.4, 0.5) is 8.78 Å². The van der Waals surface area contributed by atoms with Crippen LogP contribution in [0.5, 0.6) is 5.75 Å². The van der Waals surface area contributed by atoms with E-state index < -0.39 is 6.43 Å². The van der Waals surface area contributed by atoms with Crippen molar-refractivity contribution >= 4 is 5.78 Å². The predicted octanol–water partition coefficient (Wildman–Crippen LogP) is 3.14. The number of hydrogen-bond acceptors (Lipinski definition) is 2. The Morgan fingerprint density at radius 1 is 1.40 bits per heavy atom. The van der Waals surface area contributed by atoms with E-state index in [1.165, 1.54) is 26.2 Å². The summed E-state index contributed by atoms with van der Waals surface area (Å²) in [7, 11) is 1.33. The van der Waals surface area contributed by atoms with Crippen LogP contribution in [0.1, 0.15) is 34.8 Å². The van der Waals surface area contributed by atoms with Crippen molar-refractivity contribution in [2.75, 3.05) is 7.11 Å². The summed E-state index contributed by atoms with van der Waals surface area (Å²) < 4.78 is 30.0. The Balaban J connectivity index is 3.37. The van der Waals surface area contributed by atoms with Gasteiger partial charge in [0.15, 0.2) is 5.78 Å². The molecule has 1 aromatic carbocycles. The van der Waals surface area contributed by atoms with Crippen LogP contribution in [-0.4, -0.2) is 12.9 Å². The fourth-order valence-corrected chi connectivity index (χ4v) is 1.42. The molecule has 0 unspecified atom stereocenters. The molecule has 1 aromatic rings. The SMILES string of the molecule is COc1cc(C)c(C(C)=O)cc1C(F)F. The van der Waals surface area contributed by atoms with Crippen molar-refractivity contribution in [2.45, 2.75) is 20.3 Å². The average molecular weight is 214 g/mol. The van der Waals surface area contributed by atoms with Crippen molar-refractivity contribution in [3.63, 3.8) is 0 Å². The molecule has 0 heterocycles. The number of Topliss-reactive ketones (excluding diaryl/α,β-unsaturated/α-hetero) is 1. The lowest BCUT2D eigenvalue weighted by Crippen LogP contribution is -2.01. The first-order valence-corrected chi connectivity index (χ1v) is 4.45. The minimum absolute atomic E-state index is 0.118. The van der Waals surface area contributed by atoms with E-state index in [1.807, 2.05) is 0 Å². The van der Waals surface area contributed by atoms with Crippen molar-refractivity contribution in [3.05, 3.63) is 28.8 Å². The normalized spacial score (nSPS) is 10.5. The Kier molecular flexibility index (Phi) is 3.39. The standard InChI is InChI=1S/C11H12F2O2/c1-6-4-10(15-3)9(11(12)13)5-8(6)7(2)14/h4-5,11H,1-3H3. The molecule has 0 fully saturated rings. The maximum absolute atomic E-state index is 12.6. The Labute approximate surface area is 86.9 Å². The van der Waals surface area contributed by atoms with E-state index in [1.54, 1.807) is 6.92 Å². The maximum Gasteiger partial charge on any atom is 0.267 e. The molecule has 0 aliphatic rings. The molecule has 0 radical (unpaired) electrons. The lowest BCUT2D eigenvalue weighted by molar-refractivity contribution is 0.101. The zero-order chi connectivity index (χ0) is 11.6. The van der Waals surface area contributed by atoms with Gasteiger partial charge in [0.1, 0.15) is 5.75 Å². The molecule has 82 valence electrons. The first-order valence-electron chi connectivity index (χ1n) is 4.45. The lowest BCUT2D eigenvalue weighted by atomic mass is 10.0. The second kappa shape index (κ2) is 4.38. The van der Waals surface area contributed by atoms with E-state index in [9.17, 15) is 13.6 Å². The predicted molar refractivity (Wildman–Crippen MR) is 52.7 cm³/mol. The van der Waals surface area contributed by atoms with Crippen molar-refractivity contribution < 1.29 is 18.3 Å². The Morgan fingerprint density at radius 3 is 2.40 bits per heavy atom. The Bertz CT molecular complexity index is 386. The number of ether oxygens (including phenoxy) is 1. The Morgan fingerprint density at radius 2 is 2.00 bits per heavy atom. The number of rotatable bonds is 3. The summed E-state index contributed by atoms with van der Waals surface area (Å²) in [5.41, 5.74) is 0.711. The molecule has 0 aromatic heterocycles. The van der Waals surface area contributed by atoms with Crippen LogP contribution in [0.15, 0.2) is 12.1 Å². The fraction of sp³-hybridized carbons (Fsp3) is 0.364. The summed E-state index contributed by atoms with van der Waals surface area (Å²) in [5, 5.41) is 0. The first-order chi connectivity index (χ1) is 6.97. The molecular weight excluding hydrogens is 202 g/mol. The molecule has 0 spiro atoms. The minimum Gasteiger partial charge on any atom is -0.496 e. The van der Waals surface area contributed by atoms with Gasteiger partial charge in [-0.15, -0.1) is 0 Å². The first kappa shape index (κ1) is 11.6. The highest BCUT2D eigenvalue weighted by Crippen LogP contribution is 2.31. The van der Waals surface area contributed by atoms with Crippen LogP contribution in [0.25, 0.3) is 0 Å². The number of halogens is 2. The van der Waals surface area contributed by atoms with Gasteiger partial charge in [-0.25, -0.2) is 8.78 Å². The van der Waals surface area contributed by atoms with Gasteiger partial charge in [-0.3, -0.25) is 4.79 Å². The molecule has 1 rings (SSSR count). The topological polar surface area (TPSA) is 26.3 Å². The van der Waals surface area contributed by atoms with E-state index in [2.05, 4.69) is 0 Å². The molecule has 0 saturated carbocycles. The van der Waals surface area contributed by atoms with Gasteiger partial charge >= 0.3 is 0 Å². The van der Waals surface area contributed by atoms with Crippen molar-refractivity contribution in [2.24, 2.45) is 0 Å². The number of aryl methyl sites for hydroxylation is 1. The van der Waals surface area contributed by atoms with E-state index in [0.29, 0.717) is 11.1 Å². The Hall–Kier alpha value is -1.45. The minimum atomic E-state index is -2.64. The summed E-state index contributed by atoms with van der Waals surface area (Å²) in [6.07, 6.45) is -2.64. The van der Waals surface area contributed by atoms with Crippen LogP contribution in [0.2, 0.25) is 0 Å². The molecule has 0 aliphatic heterocycles. The maximum atomic E-state index is 12.6. The highest BCUT2D eigenvalue weighted by Gasteiger charge is 2.17. The molecule has 15 heavy (non-hydrogen) atoms. The van der Waals surface area contributed by atoms with Crippen molar-refractivity contribution in [3.8, 4) is 5.75 Å². The molecule has 0 N–H and O–H groups in total. The zero-order valence-electron chi connectivity index (χ0n) is 8.80. The number of carbonyl (C=O) groups is 1. The number of ketones is 1. The van der Waals surface area contributed by atoms with E-state index in [-0.39, 0.29) is 17.1 Å². The van der Waals surface area contributed by atoms with Crippen LogP contribution in [0, 0.1) is 6.92 Å². The highest BCUT2D eigenvalue weighted by molar-refractivity contribution is 5.96. The third kappa shape index (κ3) is 2.32. The summed E-state index contributed by atoms with van der Waals surface area (Å²) in [6, 6.07) is 2.65. The van der Waals surface area contributed by atoms with E-state index in [4.69, 9.17) is 4.74 Å². The molecule has 0 bridgehead atoms. The second-order valence-electron chi connectivity index (χ2n) is 3.27. The third-order valence-corrected chi connectivity index (χ3v) is 2.19. The van der Waals surface area contributed by atoms with Gasteiger partial charge in [-0.1, -0.05) is 0 Å². The number of methoxy groups -OCH3 is 1. The summed E-state index contributed by atoms with van der Waals surface area (Å²) in [6.45, 7) is 3.04. The van der Waals surface area contributed by atoms with Crippen LogP contribution in [0.3, 0.4) is 0 Å². The van der Waals surface area contributed by atoms with Crippen LogP contribution >= 0.6 is 0 Å². The van der Waals surface area contributed by atoms with E-state index >= 15 is 0 Å². The molecule has 0 atom stereocenters. The zero-order valence-corrected chi connectivity index (χ0v) is 8.80. The fourth-order valence-electron chi connectivity index (χ4n) is 1.42. The van der Waals surface area contributed by atoms with Gasteiger partial charge in [0.05, 0.1) is 12.7 Å². The number of alkyl halides is 2. The molecule has 4 heteroatoms. The molecule has 2 nitrogen and oxygen atoms in total. The van der Waals surface area contributed by atoms with Gasteiger partial charge in [-0.2, -0.15) is 0 Å². The second-order valence-corrected chi connectivity index (χ2v) is 3.27. The quantitative estimate of drug-likeness (QED) is 0.722. The van der Waals surface area contributed by atoms with Crippen LogP contribution in [-0.2, 0) is 0 Å². The average Bonchev–Trinajstić information content (AvgIpc) is 2.16. The van der Waals surface area contributed by atoms with Crippen molar-refractivity contribution in [1.82, 2.24) is 0 Å². The molecular formula is C11H12F2O2. The van der Waals surface area contributed by atoms with Gasteiger partial charge in [0, 0.05) is 5.56 Å². The van der Waals surface area contributed by atoms with Crippen molar-refractivity contribution in [1.29, 1.82) is 0 Å². The lowest BCUT2D eigenvalue weighted by Gasteiger charge is -2.11. The van der Waals surface area contributed by atoms with Gasteiger partial charge < -0.3 is 4.74 Å². The van der Waals surface area contributed by atoms with Crippen LogP contribution < -0.4 is 4.74 Å². The summed E-state index contributed by atoms with van der Waals surface area (Å²) in [4.78, 5) is 11.2. The smallest absolute Gasteiger partial charge is 0.267 e. The molecule has 0 aliphatic carbocycles. The van der Waals surface area contributed by atoms with Gasteiger partial charge in [0.2, 0.25) is 0 Å². The number of hydrogen-bond donors (Lipinski definition) is 0. The number of benzene rings is 1. The third-order valence-electron chi connectivity index (χ3n) is 2.19. The van der Waals surface area contributed by atoms with Gasteiger partial charge in [0.25, 0.3) is 6.43 Å². The molecule has 0 amide bonds. The highest BCUT2D eigenvalue weighted by atomic mass is 19.3. The van der Waals surface area contributed by atoms with Gasteiger partial charge in [-0.05, 0) is 31.5 Å². The monoisotopic (exact) mass is 214 g/mol. The summed E-state index contributed by atoms with van der Waals surface area (Å²) in [5.74, 6) is -0.107.